The van der Waals surface area contributed by atoms with Gasteiger partial charge in [-0.2, -0.15) is 4.31 Å². The van der Waals surface area contributed by atoms with E-state index < -0.39 is 14.9 Å². The SMILES string of the molecule is O=[N+]([O-])c1cccc(S(=O)(=O)N2CCCC2C2CC2)c1. The normalized spacial score (nSPS) is 23.9. The molecule has 1 aliphatic carbocycles. The molecule has 1 saturated carbocycles. The molecule has 0 amide bonds. The van der Waals surface area contributed by atoms with Crippen LogP contribution in [0.15, 0.2) is 29.2 Å². The van der Waals surface area contributed by atoms with Crippen molar-refractivity contribution in [3.8, 4) is 0 Å². The smallest absolute Gasteiger partial charge is 0.258 e. The molecular weight excluding hydrogens is 280 g/mol. The summed E-state index contributed by atoms with van der Waals surface area (Å²) < 4.78 is 26.9. The van der Waals surface area contributed by atoms with Gasteiger partial charge in [0.2, 0.25) is 10.0 Å². The number of rotatable bonds is 4. The third-order valence-electron chi connectivity index (χ3n) is 4.05. The zero-order chi connectivity index (χ0) is 14.3. The van der Waals surface area contributed by atoms with Crippen molar-refractivity contribution in [2.24, 2.45) is 5.92 Å². The molecule has 0 spiro atoms. The standard InChI is InChI=1S/C13H16N2O4S/c16-15(17)11-3-1-4-12(9-11)20(18,19)14-8-2-5-13(14)10-6-7-10/h1,3-4,9-10,13H,2,5-8H2. The molecular formula is C13H16N2O4S. The molecule has 3 rings (SSSR count). The van der Waals surface area contributed by atoms with Crippen LogP contribution in [0.25, 0.3) is 0 Å². The van der Waals surface area contributed by atoms with Gasteiger partial charge in [0, 0.05) is 24.7 Å². The fraction of sp³-hybridized carbons (Fsp3) is 0.538. The predicted molar refractivity (Wildman–Crippen MR) is 72.7 cm³/mol. The van der Waals surface area contributed by atoms with Crippen LogP contribution in [0.4, 0.5) is 5.69 Å². The van der Waals surface area contributed by atoms with Gasteiger partial charge in [-0.05, 0) is 37.7 Å². The number of benzene rings is 1. The molecule has 2 fully saturated rings. The highest BCUT2D eigenvalue weighted by Gasteiger charge is 2.43. The average molecular weight is 296 g/mol. The highest BCUT2D eigenvalue weighted by molar-refractivity contribution is 7.89. The van der Waals surface area contributed by atoms with E-state index in [4.69, 9.17) is 0 Å². The van der Waals surface area contributed by atoms with Gasteiger partial charge in [-0.3, -0.25) is 10.1 Å². The Balaban J connectivity index is 1.94. The number of hydrogen-bond donors (Lipinski definition) is 0. The Morgan fingerprint density at radius 2 is 2.00 bits per heavy atom. The first-order valence-electron chi connectivity index (χ1n) is 6.76. The van der Waals surface area contributed by atoms with E-state index >= 15 is 0 Å². The fourth-order valence-electron chi connectivity index (χ4n) is 2.91. The Morgan fingerprint density at radius 3 is 2.65 bits per heavy atom. The molecule has 20 heavy (non-hydrogen) atoms. The molecule has 1 aromatic rings. The van der Waals surface area contributed by atoms with Crippen molar-refractivity contribution in [1.82, 2.24) is 4.31 Å². The maximum Gasteiger partial charge on any atom is 0.270 e. The second kappa shape index (κ2) is 4.82. The molecule has 1 aliphatic heterocycles. The molecule has 0 N–H and O–H groups in total. The lowest BCUT2D eigenvalue weighted by atomic mass is 10.1. The van der Waals surface area contributed by atoms with Crippen LogP contribution in [0.1, 0.15) is 25.7 Å². The van der Waals surface area contributed by atoms with Crippen LogP contribution in [-0.4, -0.2) is 30.2 Å². The van der Waals surface area contributed by atoms with E-state index in [-0.39, 0.29) is 16.6 Å². The van der Waals surface area contributed by atoms with Gasteiger partial charge in [0.1, 0.15) is 0 Å². The van der Waals surface area contributed by atoms with Gasteiger partial charge in [0.25, 0.3) is 5.69 Å². The monoisotopic (exact) mass is 296 g/mol. The van der Waals surface area contributed by atoms with Crippen LogP contribution in [0.2, 0.25) is 0 Å². The minimum absolute atomic E-state index is 0.0271. The summed E-state index contributed by atoms with van der Waals surface area (Å²) >= 11 is 0. The van der Waals surface area contributed by atoms with Crippen LogP contribution < -0.4 is 0 Å². The van der Waals surface area contributed by atoms with Gasteiger partial charge in [0.05, 0.1) is 9.82 Å². The third kappa shape index (κ3) is 2.31. The van der Waals surface area contributed by atoms with Gasteiger partial charge >= 0.3 is 0 Å². The van der Waals surface area contributed by atoms with E-state index in [0.717, 1.165) is 31.7 Å². The number of non-ortho nitro benzene ring substituents is 1. The van der Waals surface area contributed by atoms with E-state index in [1.807, 2.05) is 0 Å². The number of sulfonamides is 1. The van der Waals surface area contributed by atoms with Crippen molar-refractivity contribution in [3.63, 3.8) is 0 Å². The highest BCUT2D eigenvalue weighted by Crippen LogP contribution is 2.42. The lowest BCUT2D eigenvalue weighted by Gasteiger charge is -2.23. The summed E-state index contributed by atoms with van der Waals surface area (Å²) in [4.78, 5) is 10.2. The van der Waals surface area contributed by atoms with E-state index in [1.54, 1.807) is 4.31 Å². The quantitative estimate of drug-likeness (QED) is 0.630. The number of nitro benzene ring substituents is 1. The van der Waals surface area contributed by atoms with E-state index in [1.165, 1.54) is 18.2 Å². The lowest BCUT2D eigenvalue weighted by Crippen LogP contribution is -2.36. The summed E-state index contributed by atoms with van der Waals surface area (Å²) in [6.45, 7) is 0.520. The van der Waals surface area contributed by atoms with Crippen LogP contribution in [-0.2, 0) is 10.0 Å². The first kappa shape index (κ1) is 13.5. The van der Waals surface area contributed by atoms with Crippen molar-refractivity contribution in [3.05, 3.63) is 34.4 Å². The zero-order valence-electron chi connectivity index (χ0n) is 10.9. The summed E-state index contributed by atoms with van der Waals surface area (Å²) in [7, 11) is -3.62. The average Bonchev–Trinajstić information content (AvgIpc) is 3.15. The first-order chi connectivity index (χ1) is 9.50. The molecule has 2 aliphatic rings. The highest BCUT2D eigenvalue weighted by atomic mass is 32.2. The van der Waals surface area contributed by atoms with Crippen LogP contribution in [0.5, 0.6) is 0 Å². The first-order valence-corrected chi connectivity index (χ1v) is 8.20. The molecule has 7 heteroatoms. The van der Waals surface area contributed by atoms with Gasteiger partial charge in [-0.25, -0.2) is 8.42 Å². The molecule has 6 nitrogen and oxygen atoms in total. The van der Waals surface area contributed by atoms with E-state index in [9.17, 15) is 18.5 Å². The van der Waals surface area contributed by atoms with Crippen molar-refractivity contribution < 1.29 is 13.3 Å². The zero-order valence-corrected chi connectivity index (χ0v) is 11.8. The van der Waals surface area contributed by atoms with Gasteiger partial charge < -0.3 is 0 Å². The molecule has 0 bridgehead atoms. The fourth-order valence-corrected chi connectivity index (χ4v) is 4.70. The largest absolute Gasteiger partial charge is 0.270 e. The van der Waals surface area contributed by atoms with E-state index in [0.29, 0.717) is 12.5 Å². The number of hydrogen-bond acceptors (Lipinski definition) is 4. The third-order valence-corrected chi connectivity index (χ3v) is 5.97. The number of nitro groups is 1. The van der Waals surface area contributed by atoms with Crippen molar-refractivity contribution in [1.29, 1.82) is 0 Å². The molecule has 1 heterocycles. The summed E-state index contributed by atoms with van der Waals surface area (Å²) in [6.07, 6.45) is 3.95. The second-order valence-corrected chi connectivity index (χ2v) is 7.31. The lowest BCUT2D eigenvalue weighted by molar-refractivity contribution is -0.385. The summed E-state index contributed by atoms with van der Waals surface area (Å²) in [5.74, 6) is 0.478. The van der Waals surface area contributed by atoms with Gasteiger partial charge in [-0.1, -0.05) is 6.07 Å². The van der Waals surface area contributed by atoms with Crippen molar-refractivity contribution in [2.75, 3.05) is 6.54 Å². The molecule has 0 radical (unpaired) electrons. The van der Waals surface area contributed by atoms with Crippen molar-refractivity contribution in [2.45, 2.75) is 36.6 Å². The van der Waals surface area contributed by atoms with Crippen LogP contribution in [0.3, 0.4) is 0 Å². The van der Waals surface area contributed by atoms with Gasteiger partial charge in [0.15, 0.2) is 0 Å². The minimum atomic E-state index is -3.62. The van der Waals surface area contributed by atoms with Crippen LogP contribution in [0, 0.1) is 16.0 Å². The Labute approximate surface area is 117 Å². The molecule has 108 valence electrons. The Hall–Kier alpha value is -1.47. The van der Waals surface area contributed by atoms with Gasteiger partial charge in [-0.15, -0.1) is 0 Å². The molecule has 1 atom stereocenters. The summed E-state index contributed by atoms with van der Waals surface area (Å²) in [5.41, 5.74) is -0.187. The summed E-state index contributed by atoms with van der Waals surface area (Å²) in [6, 6.07) is 5.40. The topological polar surface area (TPSA) is 80.5 Å². The Kier molecular flexibility index (Phi) is 3.25. The maximum absolute atomic E-state index is 12.7. The van der Waals surface area contributed by atoms with Crippen LogP contribution >= 0.6 is 0 Å². The molecule has 1 saturated heterocycles. The Bertz CT molecular complexity index is 640. The van der Waals surface area contributed by atoms with Crippen molar-refractivity contribution >= 4 is 15.7 Å². The summed E-state index contributed by atoms with van der Waals surface area (Å²) in [5, 5.41) is 10.8. The molecule has 0 aromatic heterocycles. The minimum Gasteiger partial charge on any atom is -0.258 e. The predicted octanol–water partition coefficient (Wildman–Crippen LogP) is 2.16. The molecule has 1 unspecified atom stereocenters. The van der Waals surface area contributed by atoms with E-state index in [2.05, 4.69) is 0 Å². The second-order valence-electron chi connectivity index (χ2n) is 5.42. The maximum atomic E-state index is 12.7. The molecule has 1 aromatic carbocycles. The Morgan fingerprint density at radius 1 is 1.25 bits per heavy atom. The number of nitrogens with zero attached hydrogens (tertiary/aromatic N) is 2.